The Morgan fingerprint density at radius 3 is 2.57 bits per heavy atom. The monoisotopic (exact) mass is 96.1 g/mol. The molecule has 0 spiro atoms. The summed E-state index contributed by atoms with van der Waals surface area (Å²) in [5, 5.41) is 8.09. The SMILES string of the molecule is [CH2]C[C@H](C)CC#N. The number of nitriles is 1. The van der Waals surface area contributed by atoms with Gasteiger partial charge in [0.05, 0.1) is 6.07 Å². The molecule has 0 aliphatic heterocycles. The van der Waals surface area contributed by atoms with E-state index in [-0.39, 0.29) is 0 Å². The predicted octanol–water partition coefficient (Wildman–Crippen LogP) is 1.76. The second kappa shape index (κ2) is 3.67. The molecule has 39 valence electrons. The molecule has 0 aromatic heterocycles. The second-order valence-corrected chi connectivity index (χ2v) is 1.76. The van der Waals surface area contributed by atoms with Crippen molar-refractivity contribution in [3.8, 4) is 6.07 Å². The van der Waals surface area contributed by atoms with E-state index >= 15 is 0 Å². The maximum atomic E-state index is 8.09. The van der Waals surface area contributed by atoms with Crippen molar-refractivity contribution in [3.63, 3.8) is 0 Å². The van der Waals surface area contributed by atoms with Gasteiger partial charge < -0.3 is 0 Å². The average Bonchev–Trinajstić information content (AvgIpc) is 1.68. The topological polar surface area (TPSA) is 23.8 Å². The lowest BCUT2D eigenvalue weighted by atomic mass is 10.1. The number of nitrogens with zero attached hydrogens (tertiary/aromatic N) is 1. The van der Waals surface area contributed by atoms with Gasteiger partial charge in [0, 0.05) is 6.42 Å². The molecule has 0 amide bonds. The van der Waals surface area contributed by atoms with E-state index in [9.17, 15) is 0 Å². The summed E-state index contributed by atoms with van der Waals surface area (Å²) in [4.78, 5) is 0. The zero-order chi connectivity index (χ0) is 5.70. The minimum atomic E-state index is 0.477. The van der Waals surface area contributed by atoms with Gasteiger partial charge in [0.1, 0.15) is 0 Å². The van der Waals surface area contributed by atoms with E-state index in [2.05, 4.69) is 13.0 Å². The van der Waals surface area contributed by atoms with Crippen LogP contribution in [0.3, 0.4) is 0 Å². The number of hydrogen-bond acceptors (Lipinski definition) is 1. The first-order valence-electron chi connectivity index (χ1n) is 2.47. The summed E-state index contributed by atoms with van der Waals surface area (Å²) in [5.74, 6) is 0.477. The van der Waals surface area contributed by atoms with Crippen molar-refractivity contribution >= 4 is 0 Å². The molecule has 1 radical (unpaired) electrons. The molecule has 0 heterocycles. The second-order valence-electron chi connectivity index (χ2n) is 1.76. The molecule has 0 rings (SSSR count). The Bertz CT molecular complexity index is 70.7. The number of rotatable bonds is 2. The Morgan fingerprint density at radius 1 is 1.86 bits per heavy atom. The Hall–Kier alpha value is -0.510. The maximum Gasteiger partial charge on any atom is 0.0624 e. The molecule has 0 aliphatic rings. The van der Waals surface area contributed by atoms with Crippen LogP contribution in [0.2, 0.25) is 0 Å². The average molecular weight is 96.2 g/mol. The maximum absolute atomic E-state index is 8.09. The Morgan fingerprint density at radius 2 is 2.43 bits per heavy atom. The molecule has 7 heavy (non-hydrogen) atoms. The molecule has 1 atom stereocenters. The zero-order valence-electron chi connectivity index (χ0n) is 4.65. The van der Waals surface area contributed by atoms with E-state index in [1.54, 1.807) is 0 Å². The van der Waals surface area contributed by atoms with Crippen LogP contribution in [0.5, 0.6) is 0 Å². The third-order valence-electron chi connectivity index (χ3n) is 0.933. The van der Waals surface area contributed by atoms with Crippen LogP contribution in [0.4, 0.5) is 0 Å². The molecule has 1 nitrogen and oxygen atoms in total. The van der Waals surface area contributed by atoms with Crippen LogP contribution in [-0.2, 0) is 0 Å². The van der Waals surface area contributed by atoms with Crippen molar-refractivity contribution in [1.82, 2.24) is 0 Å². The lowest BCUT2D eigenvalue weighted by Gasteiger charge is -1.96. The van der Waals surface area contributed by atoms with Gasteiger partial charge in [-0.1, -0.05) is 13.8 Å². The smallest absolute Gasteiger partial charge is 0.0624 e. The third kappa shape index (κ3) is 3.32. The van der Waals surface area contributed by atoms with Gasteiger partial charge >= 0.3 is 0 Å². The van der Waals surface area contributed by atoms with Gasteiger partial charge in [0.25, 0.3) is 0 Å². The van der Waals surface area contributed by atoms with Crippen LogP contribution < -0.4 is 0 Å². The van der Waals surface area contributed by atoms with Gasteiger partial charge in [-0.2, -0.15) is 5.26 Å². The third-order valence-corrected chi connectivity index (χ3v) is 0.933. The molecule has 1 heteroatoms. The molecule has 0 N–H and O–H groups in total. The largest absolute Gasteiger partial charge is 0.198 e. The Kier molecular flexibility index (Phi) is 3.40. The molecule has 0 saturated carbocycles. The summed E-state index contributed by atoms with van der Waals surface area (Å²) in [5.41, 5.74) is 0. The van der Waals surface area contributed by atoms with E-state index in [0.717, 1.165) is 6.42 Å². The van der Waals surface area contributed by atoms with Crippen molar-refractivity contribution in [2.45, 2.75) is 19.8 Å². The molecule has 0 aromatic carbocycles. The molecular formula is C6H10N. The summed E-state index contributed by atoms with van der Waals surface area (Å²) in [7, 11) is 0. The zero-order valence-corrected chi connectivity index (χ0v) is 4.65. The molecule has 0 saturated heterocycles. The molecule has 0 fully saturated rings. The molecule has 0 unspecified atom stereocenters. The van der Waals surface area contributed by atoms with Crippen LogP contribution in [-0.4, -0.2) is 0 Å². The highest BCUT2D eigenvalue weighted by atomic mass is 14.2. The van der Waals surface area contributed by atoms with Crippen molar-refractivity contribution in [3.05, 3.63) is 6.92 Å². The lowest BCUT2D eigenvalue weighted by Crippen LogP contribution is -1.87. The van der Waals surface area contributed by atoms with E-state index in [1.807, 2.05) is 6.92 Å². The Balaban J connectivity index is 3.03. The highest BCUT2D eigenvalue weighted by Gasteiger charge is 1.93. The standard InChI is InChI=1S/C6H10N/c1-3-6(2)4-5-7/h6H,1,3-4H2,2H3/t6-/m0/s1. The molecule has 0 bridgehead atoms. The fraction of sp³-hybridized carbons (Fsp3) is 0.667. The van der Waals surface area contributed by atoms with Crippen molar-refractivity contribution in [2.75, 3.05) is 0 Å². The van der Waals surface area contributed by atoms with E-state index in [1.165, 1.54) is 0 Å². The Labute approximate surface area is 45.0 Å². The van der Waals surface area contributed by atoms with Crippen LogP contribution in [0, 0.1) is 24.2 Å². The summed E-state index contributed by atoms with van der Waals surface area (Å²) in [6, 6.07) is 2.08. The summed E-state index contributed by atoms with van der Waals surface area (Å²) in [6.07, 6.45) is 1.51. The fourth-order valence-corrected chi connectivity index (χ4v) is 0.258. The minimum absolute atomic E-state index is 0.477. The molecule has 0 aliphatic carbocycles. The summed E-state index contributed by atoms with van der Waals surface area (Å²) in [6.45, 7) is 5.68. The predicted molar refractivity (Wildman–Crippen MR) is 29.4 cm³/mol. The lowest BCUT2D eigenvalue weighted by molar-refractivity contribution is 0.607. The summed E-state index contributed by atoms with van der Waals surface area (Å²) < 4.78 is 0. The van der Waals surface area contributed by atoms with Gasteiger partial charge in [-0.15, -0.1) is 0 Å². The molecule has 0 aromatic rings. The van der Waals surface area contributed by atoms with Crippen molar-refractivity contribution < 1.29 is 0 Å². The van der Waals surface area contributed by atoms with Crippen LogP contribution in [0.25, 0.3) is 0 Å². The highest BCUT2D eigenvalue weighted by molar-refractivity contribution is 4.73. The van der Waals surface area contributed by atoms with Crippen LogP contribution in [0.1, 0.15) is 19.8 Å². The van der Waals surface area contributed by atoms with E-state index in [4.69, 9.17) is 5.26 Å². The first kappa shape index (κ1) is 6.49. The molecular weight excluding hydrogens is 86.1 g/mol. The van der Waals surface area contributed by atoms with Gasteiger partial charge in [0.2, 0.25) is 0 Å². The fourth-order valence-electron chi connectivity index (χ4n) is 0.258. The van der Waals surface area contributed by atoms with Crippen molar-refractivity contribution in [1.29, 1.82) is 5.26 Å². The van der Waals surface area contributed by atoms with Gasteiger partial charge in [0.15, 0.2) is 0 Å². The quantitative estimate of drug-likeness (QED) is 0.514. The van der Waals surface area contributed by atoms with Crippen molar-refractivity contribution in [2.24, 2.45) is 5.92 Å². The first-order valence-corrected chi connectivity index (χ1v) is 2.47. The van der Waals surface area contributed by atoms with E-state index < -0.39 is 0 Å². The van der Waals surface area contributed by atoms with Gasteiger partial charge in [-0.3, -0.25) is 0 Å². The van der Waals surface area contributed by atoms with Crippen LogP contribution in [0.15, 0.2) is 0 Å². The normalized spacial score (nSPS) is 12.7. The summed E-state index contributed by atoms with van der Waals surface area (Å²) >= 11 is 0. The van der Waals surface area contributed by atoms with Gasteiger partial charge in [-0.05, 0) is 12.3 Å². The van der Waals surface area contributed by atoms with E-state index in [0.29, 0.717) is 12.3 Å². The first-order chi connectivity index (χ1) is 3.31. The minimum Gasteiger partial charge on any atom is -0.198 e. The highest BCUT2D eigenvalue weighted by Crippen LogP contribution is 2.02. The van der Waals surface area contributed by atoms with Crippen LogP contribution >= 0.6 is 0 Å². The number of hydrogen-bond donors (Lipinski definition) is 0. The van der Waals surface area contributed by atoms with Gasteiger partial charge in [-0.25, -0.2) is 0 Å².